The summed E-state index contributed by atoms with van der Waals surface area (Å²) in [7, 11) is -5.39. The summed E-state index contributed by atoms with van der Waals surface area (Å²) in [4.78, 5) is 25.6. The number of rotatable bonds is 0. The molecule has 4 nitrogen and oxygen atoms in total. The monoisotopic (exact) mass is 228 g/mol. The molecule has 0 aliphatic heterocycles. The van der Waals surface area contributed by atoms with Crippen LogP contribution in [-0.2, 0) is 4.57 Å². The molecule has 0 aliphatic rings. The molecule has 9 heteroatoms. The van der Waals surface area contributed by atoms with E-state index < -0.39 is 7.82 Å². The van der Waals surface area contributed by atoms with Gasteiger partial charge in [0.25, 0.3) is 0 Å². The summed E-state index contributed by atoms with van der Waals surface area (Å²) in [5.74, 6) is 0.722. The SMILES string of the molecule is CCCl.O=P([O-])([O-])[O-].[Na+].[Na+].[Na+]. The van der Waals surface area contributed by atoms with E-state index in [0.29, 0.717) is 0 Å². The zero-order valence-corrected chi connectivity index (χ0v) is 14.8. The van der Waals surface area contributed by atoms with E-state index in [1.807, 2.05) is 6.92 Å². The fourth-order valence-electron chi connectivity index (χ4n) is 0. The summed E-state index contributed by atoms with van der Waals surface area (Å²) in [6.07, 6.45) is 0. The van der Waals surface area contributed by atoms with Crippen LogP contribution in [0.25, 0.3) is 0 Å². The summed E-state index contributed by atoms with van der Waals surface area (Å²) in [5.41, 5.74) is 0. The molecule has 0 amide bonds. The van der Waals surface area contributed by atoms with Crippen LogP contribution >= 0.6 is 19.4 Å². The van der Waals surface area contributed by atoms with Crippen molar-refractivity contribution in [2.45, 2.75) is 6.92 Å². The van der Waals surface area contributed by atoms with Gasteiger partial charge < -0.3 is 19.2 Å². The van der Waals surface area contributed by atoms with Crippen molar-refractivity contribution < 1.29 is 108 Å². The van der Waals surface area contributed by atoms with Crippen molar-refractivity contribution in [2.75, 3.05) is 5.88 Å². The largest absolute Gasteiger partial charge is 1.00 e. The third kappa shape index (κ3) is 151. The van der Waals surface area contributed by atoms with Crippen LogP contribution in [0, 0.1) is 0 Å². The topological polar surface area (TPSA) is 86.2 Å². The number of halogens is 1. The minimum absolute atomic E-state index is 0. The number of alkyl halides is 1. The first kappa shape index (κ1) is 29.3. The van der Waals surface area contributed by atoms with Crippen molar-refractivity contribution in [2.24, 2.45) is 0 Å². The Hall–Kier alpha value is 3.40. The van der Waals surface area contributed by atoms with Gasteiger partial charge in [0.2, 0.25) is 0 Å². The summed E-state index contributed by atoms with van der Waals surface area (Å²) in [6.45, 7) is 1.89. The second-order valence-electron chi connectivity index (χ2n) is 0.714. The van der Waals surface area contributed by atoms with E-state index in [2.05, 4.69) is 0 Å². The molecule has 0 heterocycles. The van der Waals surface area contributed by atoms with Crippen LogP contribution in [0.5, 0.6) is 0 Å². The zero-order chi connectivity index (χ0) is 7.21. The Morgan fingerprint density at radius 2 is 1.18 bits per heavy atom. The molecule has 0 fully saturated rings. The van der Waals surface area contributed by atoms with E-state index in [0.717, 1.165) is 5.88 Å². The quantitative estimate of drug-likeness (QED) is 0.234. The molecule has 0 N–H and O–H groups in total. The average molecular weight is 228 g/mol. The van der Waals surface area contributed by atoms with Crippen LogP contribution in [0.15, 0.2) is 0 Å². The van der Waals surface area contributed by atoms with Gasteiger partial charge in [-0.25, -0.2) is 0 Å². The Morgan fingerprint density at radius 1 is 1.18 bits per heavy atom. The molecule has 0 unspecified atom stereocenters. The van der Waals surface area contributed by atoms with Crippen molar-refractivity contribution in [1.29, 1.82) is 0 Å². The van der Waals surface area contributed by atoms with Crippen molar-refractivity contribution in [3.8, 4) is 0 Å². The molecular weight excluding hydrogens is 223 g/mol. The minimum atomic E-state index is -5.39. The second-order valence-corrected chi connectivity index (χ2v) is 2.14. The van der Waals surface area contributed by atoms with E-state index >= 15 is 0 Å². The molecule has 0 spiro atoms. The molecule has 0 saturated carbocycles. The molecule has 0 bridgehead atoms. The molecule has 0 atom stereocenters. The summed E-state index contributed by atoms with van der Waals surface area (Å²) in [5, 5.41) is 0. The Kier molecular flexibility index (Phi) is 50.7. The maximum absolute atomic E-state index is 8.55. The van der Waals surface area contributed by atoms with E-state index in [1.165, 1.54) is 0 Å². The van der Waals surface area contributed by atoms with Crippen LogP contribution in [-0.4, -0.2) is 5.88 Å². The van der Waals surface area contributed by atoms with E-state index in [-0.39, 0.29) is 88.7 Å². The van der Waals surface area contributed by atoms with Gasteiger partial charge in [0.05, 0.1) is 0 Å². The maximum Gasteiger partial charge on any atom is 1.00 e. The van der Waals surface area contributed by atoms with Gasteiger partial charge in [0.1, 0.15) is 0 Å². The van der Waals surface area contributed by atoms with Gasteiger partial charge in [-0.2, -0.15) is 7.82 Å². The minimum Gasteiger partial charge on any atom is -0.822 e. The molecule has 52 valence electrons. The van der Waals surface area contributed by atoms with Crippen molar-refractivity contribution >= 4 is 19.4 Å². The van der Waals surface area contributed by atoms with Gasteiger partial charge in [-0.3, -0.25) is 0 Å². The molecule has 0 rings (SSSR count). The summed E-state index contributed by atoms with van der Waals surface area (Å²) < 4.78 is 8.55. The predicted octanol–water partition coefficient (Wildman–Crippen LogP) is -10.6. The van der Waals surface area contributed by atoms with Crippen LogP contribution in [0.2, 0.25) is 0 Å². The average Bonchev–Trinajstić information content (AvgIpc) is 1.27. The third-order valence-corrected chi connectivity index (χ3v) is 0. The molecule has 0 aromatic rings. The number of hydrogen-bond donors (Lipinski definition) is 0. The Morgan fingerprint density at radius 3 is 1.18 bits per heavy atom. The Bertz CT molecular complexity index is 79.1. The smallest absolute Gasteiger partial charge is 0.822 e. The van der Waals surface area contributed by atoms with Crippen LogP contribution in [0.1, 0.15) is 6.92 Å². The molecule has 0 aromatic heterocycles. The van der Waals surface area contributed by atoms with Gasteiger partial charge in [-0.1, -0.05) is 6.92 Å². The Labute approximate surface area is 138 Å². The van der Waals surface area contributed by atoms with Gasteiger partial charge in [0, 0.05) is 5.88 Å². The maximum atomic E-state index is 8.55. The zero-order valence-electron chi connectivity index (χ0n) is 7.17. The molecule has 0 aliphatic carbocycles. The third-order valence-electron chi connectivity index (χ3n) is 0. The molecular formula is C2H5ClNa3O4P. The predicted molar refractivity (Wildman–Crippen MR) is 24.0 cm³/mol. The van der Waals surface area contributed by atoms with Crippen LogP contribution in [0.4, 0.5) is 0 Å². The fraction of sp³-hybridized carbons (Fsp3) is 1.00. The molecule has 0 saturated heterocycles. The standard InChI is InChI=1S/C2H5Cl.3Na.H3O4P/c1-2-3;;;;1-5(2,3)4/h2H2,1H3;;;;(H3,1,2,3,4)/q;3*+1;/p-3. The van der Waals surface area contributed by atoms with Crippen molar-refractivity contribution in [3.63, 3.8) is 0 Å². The number of hydrogen-bond acceptors (Lipinski definition) is 4. The van der Waals surface area contributed by atoms with Gasteiger partial charge >= 0.3 is 88.7 Å². The van der Waals surface area contributed by atoms with Gasteiger partial charge in [-0.05, 0) is 0 Å². The van der Waals surface area contributed by atoms with Crippen molar-refractivity contribution in [3.05, 3.63) is 0 Å². The van der Waals surface area contributed by atoms with E-state index in [1.54, 1.807) is 0 Å². The van der Waals surface area contributed by atoms with E-state index in [9.17, 15) is 0 Å². The summed E-state index contributed by atoms with van der Waals surface area (Å²) in [6, 6.07) is 0. The normalized spacial score (nSPS) is 7.00. The second kappa shape index (κ2) is 19.0. The van der Waals surface area contributed by atoms with Gasteiger partial charge in [0.15, 0.2) is 0 Å². The molecule has 0 radical (unpaired) electrons. The number of phosphoric acid groups is 1. The molecule has 11 heavy (non-hydrogen) atoms. The first-order chi connectivity index (χ1) is 3.41. The first-order valence-corrected chi connectivity index (χ1v) is 3.70. The van der Waals surface area contributed by atoms with E-state index in [4.69, 9.17) is 30.8 Å². The Balaban J connectivity index is -0.0000000183. The van der Waals surface area contributed by atoms with Gasteiger partial charge in [-0.15, -0.1) is 11.6 Å². The van der Waals surface area contributed by atoms with Crippen molar-refractivity contribution in [1.82, 2.24) is 0 Å². The van der Waals surface area contributed by atoms with Crippen LogP contribution in [0.3, 0.4) is 0 Å². The molecule has 0 aromatic carbocycles. The van der Waals surface area contributed by atoms with Crippen LogP contribution < -0.4 is 103 Å². The fourth-order valence-corrected chi connectivity index (χ4v) is 0. The summed E-state index contributed by atoms with van der Waals surface area (Å²) >= 11 is 5.00. The first-order valence-electron chi connectivity index (χ1n) is 1.70.